The lowest BCUT2D eigenvalue weighted by molar-refractivity contribution is -0.137. The van der Waals surface area contributed by atoms with Crippen molar-refractivity contribution in [3.8, 4) is 0 Å². The fourth-order valence-electron chi connectivity index (χ4n) is 3.84. The second-order valence-corrected chi connectivity index (χ2v) is 6.55. The summed E-state index contributed by atoms with van der Waals surface area (Å²) in [6, 6.07) is 6.06. The zero-order chi connectivity index (χ0) is 15.0. The van der Waals surface area contributed by atoms with Crippen LogP contribution in [0.2, 0.25) is 0 Å². The predicted molar refractivity (Wildman–Crippen MR) is 76.9 cm³/mol. The van der Waals surface area contributed by atoms with Gasteiger partial charge in [-0.25, -0.2) is 0 Å². The number of likely N-dealkylation sites (N-methyl/N-ethyl adjacent to an activating group) is 1. The average molecular weight is 297 g/mol. The zero-order valence-electron chi connectivity index (χ0n) is 12.3. The summed E-state index contributed by atoms with van der Waals surface area (Å²) in [6.45, 7) is 3.01. The van der Waals surface area contributed by atoms with Gasteiger partial charge in [0.1, 0.15) is 0 Å². The summed E-state index contributed by atoms with van der Waals surface area (Å²) < 4.78 is 37.8. The molecule has 2 saturated carbocycles. The van der Waals surface area contributed by atoms with Gasteiger partial charge in [-0.1, -0.05) is 19.1 Å². The Morgan fingerprint density at radius 3 is 2.24 bits per heavy atom. The highest BCUT2D eigenvalue weighted by molar-refractivity contribution is 5.25. The Balaban J connectivity index is 1.65. The summed E-state index contributed by atoms with van der Waals surface area (Å²) >= 11 is 0. The molecule has 0 saturated heterocycles. The molecule has 3 atom stereocenters. The van der Waals surface area contributed by atoms with Crippen LogP contribution in [0.4, 0.5) is 13.2 Å². The molecule has 1 aromatic rings. The fourth-order valence-corrected chi connectivity index (χ4v) is 3.84. The first kappa shape index (κ1) is 14.9. The zero-order valence-corrected chi connectivity index (χ0v) is 12.3. The van der Waals surface area contributed by atoms with Crippen LogP contribution >= 0.6 is 0 Å². The van der Waals surface area contributed by atoms with E-state index in [1.807, 2.05) is 0 Å². The van der Waals surface area contributed by atoms with E-state index in [-0.39, 0.29) is 0 Å². The summed E-state index contributed by atoms with van der Waals surface area (Å²) in [6.07, 6.45) is 0.573. The molecule has 0 radical (unpaired) electrons. The molecule has 2 fully saturated rings. The van der Waals surface area contributed by atoms with Crippen LogP contribution in [-0.4, -0.2) is 12.6 Å². The Morgan fingerprint density at radius 1 is 1.10 bits per heavy atom. The summed E-state index contributed by atoms with van der Waals surface area (Å²) in [5.74, 6) is 2.56. The maximum absolute atomic E-state index is 12.6. The molecule has 3 unspecified atom stereocenters. The van der Waals surface area contributed by atoms with Gasteiger partial charge in [-0.05, 0) is 67.7 Å². The lowest BCUT2D eigenvalue weighted by Gasteiger charge is -2.26. The van der Waals surface area contributed by atoms with Crippen LogP contribution in [0.5, 0.6) is 0 Å². The third-order valence-electron chi connectivity index (χ3n) is 5.05. The number of rotatable bonds is 5. The molecule has 1 N–H and O–H groups in total. The van der Waals surface area contributed by atoms with Gasteiger partial charge in [-0.3, -0.25) is 0 Å². The van der Waals surface area contributed by atoms with E-state index in [0.717, 1.165) is 30.4 Å². The van der Waals surface area contributed by atoms with E-state index in [2.05, 4.69) is 12.2 Å². The van der Waals surface area contributed by atoms with E-state index < -0.39 is 11.7 Å². The standard InChI is InChI=1S/C17H22F3N/c1-2-21-16(14-9-12-8-13(12)10-14)7-11-3-5-15(6-4-11)17(18,19)20/h3-6,12-14,16,21H,2,7-10H2,1H3. The second kappa shape index (κ2) is 5.64. The molecular formula is C17H22F3N. The Labute approximate surface area is 123 Å². The van der Waals surface area contributed by atoms with Crippen LogP contribution in [0.15, 0.2) is 24.3 Å². The molecule has 2 aliphatic carbocycles. The molecule has 0 bridgehead atoms. The smallest absolute Gasteiger partial charge is 0.314 e. The highest BCUT2D eigenvalue weighted by Crippen LogP contribution is 2.55. The van der Waals surface area contributed by atoms with E-state index in [1.165, 1.54) is 31.4 Å². The maximum Gasteiger partial charge on any atom is 0.416 e. The van der Waals surface area contributed by atoms with Crippen molar-refractivity contribution in [2.75, 3.05) is 6.54 Å². The van der Waals surface area contributed by atoms with E-state index in [0.29, 0.717) is 12.0 Å². The monoisotopic (exact) mass is 297 g/mol. The van der Waals surface area contributed by atoms with Crippen LogP contribution in [0.3, 0.4) is 0 Å². The van der Waals surface area contributed by atoms with E-state index >= 15 is 0 Å². The second-order valence-electron chi connectivity index (χ2n) is 6.55. The van der Waals surface area contributed by atoms with Crippen molar-refractivity contribution in [2.45, 2.75) is 44.8 Å². The Hall–Kier alpha value is -1.03. The number of halogens is 3. The van der Waals surface area contributed by atoms with Crippen molar-refractivity contribution >= 4 is 0 Å². The molecule has 0 spiro atoms. The summed E-state index contributed by atoms with van der Waals surface area (Å²) in [5, 5.41) is 3.54. The van der Waals surface area contributed by atoms with Gasteiger partial charge in [0.15, 0.2) is 0 Å². The van der Waals surface area contributed by atoms with Gasteiger partial charge in [0.05, 0.1) is 5.56 Å². The fraction of sp³-hybridized carbons (Fsp3) is 0.647. The minimum atomic E-state index is -4.24. The Kier molecular flexibility index (Phi) is 4.00. The largest absolute Gasteiger partial charge is 0.416 e. The van der Waals surface area contributed by atoms with Crippen molar-refractivity contribution in [1.29, 1.82) is 0 Å². The third-order valence-corrected chi connectivity index (χ3v) is 5.05. The van der Waals surface area contributed by atoms with Crippen LogP contribution in [-0.2, 0) is 12.6 Å². The Bertz CT molecular complexity index is 470. The van der Waals surface area contributed by atoms with Gasteiger partial charge in [0.2, 0.25) is 0 Å². The quantitative estimate of drug-likeness (QED) is 0.855. The number of nitrogens with one attached hydrogen (secondary N) is 1. The van der Waals surface area contributed by atoms with E-state index in [9.17, 15) is 13.2 Å². The molecule has 2 aliphatic rings. The van der Waals surface area contributed by atoms with Crippen LogP contribution < -0.4 is 5.32 Å². The van der Waals surface area contributed by atoms with Crippen LogP contribution in [0, 0.1) is 17.8 Å². The molecule has 0 aliphatic heterocycles. The third kappa shape index (κ3) is 3.42. The molecule has 1 aromatic carbocycles. The first-order valence-electron chi connectivity index (χ1n) is 7.87. The van der Waals surface area contributed by atoms with Crippen LogP contribution in [0.25, 0.3) is 0 Å². The topological polar surface area (TPSA) is 12.0 Å². The van der Waals surface area contributed by atoms with E-state index in [1.54, 1.807) is 12.1 Å². The minimum absolute atomic E-state index is 0.402. The van der Waals surface area contributed by atoms with Crippen molar-refractivity contribution in [3.05, 3.63) is 35.4 Å². The number of hydrogen-bond acceptors (Lipinski definition) is 1. The van der Waals surface area contributed by atoms with Gasteiger partial charge in [-0.15, -0.1) is 0 Å². The number of fused-ring (bicyclic) bond motifs is 1. The molecule has 0 amide bonds. The first-order chi connectivity index (χ1) is 9.97. The van der Waals surface area contributed by atoms with E-state index in [4.69, 9.17) is 0 Å². The number of benzene rings is 1. The molecular weight excluding hydrogens is 275 g/mol. The predicted octanol–water partition coefficient (Wildman–Crippen LogP) is 4.27. The van der Waals surface area contributed by atoms with Crippen LogP contribution in [0.1, 0.15) is 37.3 Å². The summed E-state index contributed by atoms with van der Waals surface area (Å²) in [5.41, 5.74) is 0.433. The van der Waals surface area contributed by atoms with Crippen molar-refractivity contribution < 1.29 is 13.2 Å². The average Bonchev–Trinajstić information content (AvgIpc) is 3.04. The molecule has 1 nitrogen and oxygen atoms in total. The van der Waals surface area contributed by atoms with Crippen molar-refractivity contribution in [1.82, 2.24) is 5.32 Å². The molecule has 21 heavy (non-hydrogen) atoms. The molecule has 4 heteroatoms. The summed E-state index contributed by atoms with van der Waals surface area (Å²) in [4.78, 5) is 0. The lowest BCUT2D eigenvalue weighted by Crippen LogP contribution is -2.37. The number of hydrogen-bond donors (Lipinski definition) is 1. The molecule has 0 heterocycles. The molecule has 0 aromatic heterocycles. The lowest BCUT2D eigenvalue weighted by atomic mass is 9.89. The highest BCUT2D eigenvalue weighted by Gasteiger charge is 2.47. The normalized spacial score (nSPS) is 29.2. The van der Waals surface area contributed by atoms with Crippen molar-refractivity contribution in [2.24, 2.45) is 17.8 Å². The summed E-state index contributed by atoms with van der Waals surface area (Å²) in [7, 11) is 0. The van der Waals surface area contributed by atoms with Gasteiger partial charge >= 0.3 is 6.18 Å². The maximum atomic E-state index is 12.6. The minimum Gasteiger partial charge on any atom is -0.314 e. The van der Waals surface area contributed by atoms with Gasteiger partial charge in [0.25, 0.3) is 0 Å². The van der Waals surface area contributed by atoms with Gasteiger partial charge in [-0.2, -0.15) is 13.2 Å². The van der Waals surface area contributed by atoms with Crippen molar-refractivity contribution in [3.63, 3.8) is 0 Å². The van der Waals surface area contributed by atoms with Gasteiger partial charge in [0, 0.05) is 6.04 Å². The first-order valence-corrected chi connectivity index (χ1v) is 7.87. The molecule has 3 rings (SSSR count). The Morgan fingerprint density at radius 2 is 1.71 bits per heavy atom. The highest BCUT2D eigenvalue weighted by atomic mass is 19.4. The van der Waals surface area contributed by atoms with Gasteiger partial charge < -0.3 is 5.32 Å². The SMILES string of the molecule is CCNC(Cc1ccc(C(F)(F)F)cc1)C1CC2CC2C1. The molecule has 116 valence electrons. The number of alkyl halides is 3.